The number of unbranched alkanes of at least 4 members (excludes halogenated alkanes) is 1. The molecule has 14 heavy (non-hydrogen) atoms. The van der Waals surface area contributed by atoms with Crippen LogP contribution in [0.5, 0.6) is 0 Å². The molecule has 0 aromatic carbocycles. The van der Waals surface area contributed by atoms with Crippen LogP contribution >= 0.6 is 24.9 Å². The predicted octanol–water partition coefficient (Wildman–Crippen LogP) is 3.99. The average molecular weight is 259 g/mol. The monoisotopic (exact) mass is 259 g/mol. The smallest absolute Gasteiger partial charge is 0.275 e. The van der Waals surface area contributed by atoms with Gasteiger partial charge in [0.1, 0.15) is 6.61 Å². The van der Waals surface area contributed by atoms with Crippen molar-refractivity contribution >= 4 is 24.9 Å². The molecular weight excluding hydrogens is 241 g/mol. The third kappa shape index (κ3) is 56.2. The van der Waals surface area contributed by atoms with E-state index in [9.17, 15) is 4.57 Å². The van der Waals surface area contributed by atoms with Gasteiger partial charge in [-0.3, -0.25) is 9.13 Å². The zero-order valence-electron chi connectivity index (χ0n) is 9.10. The molecule has 84 valence electrons. The molecule has 0 amide bonds. The molecule has 0 rings (SSSR count). The zero-order valence-corrected chi connectivity index (χ0v) is 11.8. The maximum atomic E-state index is 10.2. The summed E-state index contributed by atoms with van der Waals surface area (Å²) in [7, 11) is -1.03. The maximum absolute atomic E-state index is 10.2. The summed E-state index contributed by atoms with van der Waals surface area (Å²) < 4.78 is 32.8. The molecule has 0 saturated carbocycles. The summed E-state index contributed by atoms with van der Waals surface area (Å²) in [5.41, 5.74) is 0. The van der Waals surface area contributed by atoms with Gasteiger partial charge in [-0.1, -0.05) is 13.3 Å². The normalized spacial score (nSPS) is 9.57. The minimum Gasteiger partial charge on any atom is -0.275 e. The first kappa shape index (κ1) is 19.8. The number of hydrogen-bond donors (Lipinski definition) is 0. The van der Waals surface area contributed by atoms with Crippen molar-refractivity contribution in [3.8, 4) is 0 Å². The minimum absolute atomic E-state index is 0.167. The van der Waals surface area contributed by atoms with Gasteiger partial charge in [0.25, 0.3) is 0 Å². The van der Waals surface area contributed by atoms with E-state index in [-0.39, 0.29) is 16.9 Å². The third-order valence-corrected chi connectivity index (χ3v) is 1.32. The molecule has 0 aliphatic heterocycles. The van der Waals surface area contributed by atoms with Crippen molar-refractivity contribution in [2.75, 3.05) is 26.6 Å². The first-order valence-corrected chi connectivity index (χ1v) is 8.21. The molecule has 0 aliphatic rings. The lowest BCUT2D eigenvalue weighted by Crippen LogP contribution is -1.82. The second kappa shape index (κ2) is 23.2. The minimum atomic E-state index is -1.36. The standard InChI is InChI=1S/C5H12O2P.2CH3OP/c1-3-4-5-7-8(2)6;2*1-3-2/h3-5H2,1-2H3;2*1H3/q+1;;. The maximum Gasteiger partial charge on any atom is 0.504 e. The van der Waals surface area contributed by atoms with Crippen LogP contribution in [0.25, 0.3) is 0 Å². The van der Waals surface area contributed by atoms with Crippen LogP contribution in [0, 0.1) is 0 Å². The summed E-state index contributed by atoms with van der Waals surface area (Å²) in [4.78, 5) is 0. The highest BCUT2D eigenvalue weighted by molar-refractivity contribution is 7.38. The molecule has 0 aromatic rings. The second-order valence-electron chi connectivity index (χ2n) is 1.99. The van der Waals surface area contributed by atoms with Gasteiger partial charge in [0.15, 0.2) is 23.6 Å². The number of hydrogen-bond acceptors (Lipinski definition) is 4. The summed E-state index contributed by atoms with van der Waals surface area (Å²) in [5, 5.41) is 0. The van der Waals surface area contributed by atoms with E-state index in [0.717, 1.165) is 12.8 Å². The molecule has 0 saturated heterocycles. The molecule has 0 radical (unpaired) electrons. The van der Waals surface area contributed by atoms with Gasteiger partial charge in [0, 0.05) is 13.3 Å². The van der Waals surface area contributed by atoms with Crippen molar-refractivity contribution < 1.29 is 18.2 Å². The Labute approximate surface area is 90.1 Å². The first-order valence-electron chi connectivity index (χ1n) is 4.07. The fourth-order valence-electron chi connectivity index (χ4n) is 0.337. The largest absolute Gasteiger partial charge is 0.504 e. The molecule has 0 spiro atoms. The highest BCUT2D eigenvalue weighted by Crippen LogP contribution is 2.14. The van der Waals surface area contributed by atoms with E-state index in [1.54, 1.807) is 20.0 Å². The average Bonchev–Trinajstić information content (AvgIpc) is 2.07. The van der Waals surface area contributed by atoms with Crippen molar-refractivity contribution in [2.24, 2.45) is 0 Å². The van der Waals surface area contributed by atoms with Crippen molar-refractivity contribution in [1.82, 2.24) is 0 Å². The Morgan fingerprint density at radius 2 is 1.57 bits per heavy atom. The molecular formula is C7H18O4P3+. The number of rotatable bonds is 4. The van der Waals surface area contributed by atoms with E-state index in [2.05, 4.69) is 6.92 Å². The molecule has 0 bridgehead atoms. The van der Waals surface area contributed by atoms with Gasteiger partial charge in [0.2, 0.25) is 0 Å². The fourth-order valence-corrected chi connectivity index (χ4v) is 0.724. The van der Waals surface area contributed by atoms with Crippen LogP contribution in [0.15, 0.2) is 0 Å². The summed E-state index contributed by atoms with van der Waals surface area (Å²) in [6.07, 6.45) is 2.11. The summed E-state index contributed by atoms with van der Waals surface area (Å²) in [5.74, 6) is 0. The van der Waals surface area contributed by atoms with Crippen molar-refractivity contribution in [3.05, 3.63) is 0 Å². The Hall–Kier alpha value is 0.260. The molecule has 4 nitrogen and oxygen atoms in total. The van der Waals surface area contributed by atoms with Crippen molar-refractivity contribution in [2.45, 2.75) is 19.8 Å². The Kier molecular flexibility index (Phi) is 32.8. The second-order valence-corrected chi connectivity index (χ2v) is 3.86. The van der Waals surface area contributed by atoms with Crippen LogP contribution in [0.3, 0.4) is 0 Å². The van der Waals surface area contributed by atoms with Gasteiger partial charge >= 0.3 is 8.03 Å². The Morgan fingerprint density at radius 1 is 1.21 bits per heavy atom. The van der Waals surface area contributed by atoms with E-state index < -0.39 is 8.03 Å². The molecule has 0 fully saturated rings. The molecule has 0 aromatic heterocycles. The highest BCUT2D eigenvalue weighted by atomic mass is 31.1. The van der Waals surface area contributed by atoms with Crippen molar-refractivity contribution in [3.63, 3.8) is 0 Å². The summed E-state index contributed by atoms with van der Waals surface area (Å²) in [6, 6.07) is 0. The molecule has 0 N–H and O–H groups in total. The van der Waals surface area contributed by atoms with E-state index >= 15 is 0 Å². The van der Waals surface area contributed by atoms with Gasteiger partial charge in [-0.25, -0.2) is 0 Å². The van der Waals surface area contributed by atoms with Crippen LogP contribution in [-0.2, 0) is 18.2 Å². The van der Waals surface area contributed by atoms with Gasteiger partial charge in [-0.15, -0.1) is 4.52 Å². The Morgan fingerprint density at radius 3 is 1.79 bits per heavy atom. The van der Waals surface area contributed by atoms with E-state index in [1.807, 2.05) is 0 Å². The van der Waals surface area contributed by atoms with Gasteiger partial charge in [-0.2, -0.15) is 0 Å². The van der Waals surface area contributed by atoms with Gasteiger partial charge < -0.3 is 0 Å². The third-order valence-electron chi connectivity index (χ3n) is 0.771. The lowest BCUT2D eigenvalue weighted by atomic mass is 10.4. The van der Waals surface area contributed by atoms with Crippen LogP contribution < -0.4 is 0 Å². The lowest BCUT2D eigenvalue weighted by Gasteiger charge is -1.84. The van der Waals surface area contributed by atoms with Crippen molar-refractivity contribution in [1.29, 1.82) is 0 Å². The van der Waals surface area contributed by atoms with E-state index in [0.29, 0.717) is 6.61 Å². The van der Waals surface area contributed by atoms with Gasteiger partial charge in [-0.05, 0) is 11.0 Å². The van der Waals surface area contributed by atoms with E-state index in [4.69, 9.17) is 13.7 Å². The Bertz CT molecular complexity index is 135. The summed E-state index contributed by atoms with van der Waals surface area (Å²) >= 11 is 0. The van der Waals surface area contributed by atoms with Crippen LogP contribution in [0.2, 0.25) is 0 Å². The molecule has 7 heteroatoms. The van der Waals surface area contributed by atoms with E-state index in [1.165, 1.54) is 0 Å². The molecule has 1 unspecified atom stereocenters. The molecule has 1 atom stereocenters. The Balaban J connectivity index is -0.000000168. The lowest BCUT2D eigenvalue weighted by molar-refractivity contribution is 0.324. The fraction of sp³-hybridized carbons (Fsp3) is 1.00. The van der Waals surface area contributed by atoms with Gasteiger partial charge in [0.05, 0.1) is 0 Å². The first-order chi connectivity index (χ1) is 6.60. The highest BCUT2D eigenvalue weighted by Gasteiger charge is 2.03. The quantitative estimate of drug-likeness (QED) is 0.565. The zero-order chi connectivity index (χ0) is 11.8. The SMILES string of the molecule is CCCCO[P+](C)=O.CP=O.CP=O. The van der Waals surface area contributed by atoms with Crippen LogP contribution in [0.4, 0.5) is 0 Å². The molecule has 0 aliphatic carbocycles. The topological polar surface area (TPSA) is 60.4 Å². The summed E-state index contributed by atoms with van der Waals surface area (Å²) in [6.45, 7) is 7.37. The van der Waals surface area contributed by atoms with Crippen LogP contribution in [0.1, 0.15) is 19.8 Å². The molecule has 0 heterocycles. The van der Waals surface area contributed by atoms with Crippen LogP contribution in [-0.4, -0.2) is 26.6 Å². The predicted molar refractivity (Wildman–Crippen MR) is 61.5 cm³/mol.